The van der Waals surface area contributed by atoms with Crippen molar-refractivity contribution in [2.24, 2.45) is 0 Å². The normalized spacial score (nSPS) is 24.8. The number of rotatable bonds is 1. The molecule has 128 valence electrons. The van der Waals surface area contributed by atoms with Crippen molar-refractivity contribution < 1.29 is 4.79 Å². The summed E-state index contributed by atoms with van der Waals surface area (Å²) in [6, 6.07) is 8.86. The average molecular weight is 326 g/mol. The van der Waals surface area contributed by atoms with E-state index in [1.54, 1.807) is 0 Å². The van der Waals surface area contributed by atoms with Gasteiger partial charge in [0.15, 0.2) is 0 Å². The quantitative estimate of drug-likeness (QED) is 0.846. The number of benzene rings is 1. The monoisotopic (exact) mass is 326 g/mol. The second-order valence-corrected chi connectivity index (χ2v) is 7.23. The van der Waals surface area contributed by atoms with Crippen LogP contribution in [0.15, 0.2) is 24.3 Å². The predicted octanol–water partition coefficient (Wildman–Crippen LogP) is 2.89. The lowest BCUT2D eigenvalue weighted by Crippen LogP contribution is -2.52. The van der Waals surface area contributed by atoms with Crippen LogP contribution in [0.25, 0.3) is 10.9 Å². The highest BCUT2D eigenvalue weighted by molar-refractivity contribution is 5.86. The fourth-order valence-electron chi connectivity index (χ4n) is 4.25. The molecule has 0 spiro atoms. The molecule has 4 rings (SSSR count). The first-order chi connectivity index (χ1) is 11.6. The van der Waals surface area contributed by atoms with Crippen LogP contribution in [0.2, 0.25) is 0 Å². The molecule has 1 aromatic heterocycles. The Kier molecular flexibility index (Phi) is 3.96. The van der Waals surface area contributed by atoms with E-state index in [9.17, 15) is 4.79 Å². The minimum atomic E-state index is 0.0760. The highest BCUT2D eigenvalue weighted by Crippen LogP contribution is 2.34. The van der Waals surface area contributed by atoms with Gasteiger partial charge in [0.2, 0.25) is 0 Å². The molecule has 0 aliphatic carbocycles. The Morgan fingerprint density at radius 3 is 2.96 bits per heavy atom. The highest BCUT2D eigenvalue weighted by Gasteiger charge is 2.31. The molecule has 3 heterocycles. The molecule has 2 aromatic rings. The van der Waals surface area contributed by atoms with Crippen LogP contribution >= 0.6 is 0 Å². The molecule has 2 N–H and O–H groups in total. The van der Waals surface area contributed by atoms with Gasteiger partial charge < -0.3 is 20.1 Å². The van der Waals surface area contributed by atoms with Crippen LogP contribution in [-0.4, -0.2) is 53.5 Å². The van der Waals surface area contributed by atoms with Crippen molar-refractivity contribution in [3.8, 4) is 0 Å². The number of likely N-dealkylation sites (tertiary alicyclic amines) is 1. The van der Waals surface area contributed by atoms with Crippen molar-refractivity contribution in [1.29, 1.82) is 0 Å². The van der Waals surface area contributed by atoms with Gasteiger partial charge in [-0.05, 0) is 51.4 Å². The highest BCUT2D eigenvalue weighted by atomic mass is 16.2. The van der Waals surface area contributed by atoms with E-state index < -0.39 is 0 Å². The molecule has 5 heteroatoms. The van der Waals surface area contributed by atoms with Crippen molar-refractivity contribution in [2.75, 3.05) is 26.7 Å². The van der Waals surface area contributed by atoms with Crippen LogP contribution in [0.1, 0.15) is 37.1 Å². The Bertz CT molecular complexity index is 753. The Morgan fingerprint density at radius 1 is 1.29 bits per heavy atom. The summed E-state index contributed by atoms with van der Waals surface area (Å²) in [6.45, 7) is 4.99. The van der Waals surface area contributed by atoms with Gasteiger partial charge in [0.25, 0.3) is 0 Å². The number of likely N-dealkylation sites (N-methyl/N-ethyl adjacent to an activating group) is 1. The van der Waals surface area contributed by atoms with Gasteiger partial charge in [-0.25, -0.2) is 4.79 Å². The number of carbonyl (C=O) groups is 1. The first-order valence-corrected chi connectivity index (χ1v) is 8.98. The van der Waals surface area contributed by atoms with E-state index in [4.69, 9.17) is 0 Å². The van der Waals surface area contributed by atoms with Crippen LogP contribution < -0.4 is 5.32 Å². The second-order valence-electron chi connectivity index (χ2n) is 7.23. The predicted molar refractivity (Wildman–Crippen MR) is 96.2 cm³/mol. The topological polar surface area (TPSA) is 51.4 Å². The first kappa shape index (κ1) is 15.5. The third-order valence-electron chi connectivity index (χ3n) is 5.55. The van der Waals surface area contributed by atoms with Crippen molar-refractivity contribution in [1.82, 2.24) is 20.1 Å². The third-order valence-corrected chi connectivity index (χ3v) is 5.55. The molecule has 0 bridgehead atoms. The summed E-state index contributed by atoms with van der Waals surface area (Å²) in [7, 11) is 2.12. The smallest absolute Gasteiger partial charge is 0.318 e. The molecule has 1 aromatic carbocycles. The lowest BCUT2D eigenvalue weighted by molar-refractivity contribution is 0.159. The zero-order valence-electron chi connectivity index (χ0n) is 14.5. The van der Waals surface area contributed by atoms with Gasteiger partial charge >= 0.3 is 6.03 Å². The number of nitrogens with zero attached hydrogens (tertiary/aromatic N) is 2. The number of fused-ring (bicyclic) bond motifs is 3. The number of hydrogen-bond acceptors (Lipinski definition) is 2. The number of carbonyl (C=O) groups excluding carboxylic acids is 1. The minimum absolute atomic E-state index is 0.0760. The molecule has 24 heavy (non-hydrogen) atoms. The third kappa shape index (κ3) is 2.67. The van der Waals surface area contributed by atoms with Gasteiger partial charge in [0.1, 0.15) is 0 Å². The summed E-state index contributed by atoms with van der Waals surface area (Å²) in [4.78, 5) is 20.6. The Morgan fingerprint density at radius 2 is 2.12 bits per heavy atom. The van der Waals surface area contributed by atoms with Crippen LogP contribution in [0.5, 0.6) is 0 Å². The maximum absolute atomic E-state index is 12.8. The summed E-state index contributed by atoms with van der Waals surface area (Å²) >= 11 is 0. The lowest BCUT2D eigenvalue weighted by atomic mass is 9.98. The molecule has 0 saturated carbocycles. The number of H-pyrrole nitrogens is 1. The number of aromatic nitrogens is 1. The molecule has 2 aliphatic heterocycles. The maximum atomic E-state index is 12.8. The number of piperidine rings is 1. The Hall–Kier alpha value is -2.01. The van der Waals surface area contributed by atoms with E-state index >= 15 is 0 Å². The average Bonchev–Trinajstić information content (AvgIpc) is 2.95. The van der Waals surface area contributed by atoms with Crippen LogP contribution in [0, 0.1) is 0 Å². The molecule has 1 saturated heterocycles. The van der Waals surface area contributed by atoms with Gasteiger partial charge in [-0.2, -0.15) is 0 Å². The molecule has 2 aliphatic rings. The zero-order valence-corrected chi connectivity index (χ0v) is 14.5. The van der Waals surface area contributed by atoms with E-state index in [-0.39, 0.29) is 18.1 Å². The fourth-order valence-corrected chi connectivity index (χ4v) is 4.25. The summed E-state index contributed by atoms with van der Waals surface area (Å²) < 4.78 is 0. The van der Waals surface area contributed by atoms with E-state index in [0.717, 1.165) is 38.9 Å². The van der Waals surface area contributed by atoms with Crippen LogP contribution in [0.4, 0.5) is 4.79 Å². The van der Waals surface area contributed by atoms with Gasteiger partial charge in [0.05, 0.1) is 6.04 Å². The summed E-state index contributed by atoms with van der Waals surface area (Å²) in [5.74, 6) is 0. The number of aromatic amines is 1. The van der Waals surface area contributed by atoms with E-state index in [0.29, 0.717) is 0 Å². The molecule has 0 radical (unpaired) electrons. The second kappa shape index (κ2) is 6.13. The number of para-hydroxylation sites is 1. The SMILES string of the molecule is CC1c2[nH]c3ccccc3c2CCN1C(=O)NC1CCCN(C)C1. The van der Waals surface area contributed by atoms with Crippen molar-refractivity contribution in [3.63, 3.8) is 0 Å². The van der Waals surface area contributed by atoms with Crippen LogP contribution in [-0.2, 0) is 6.42 Å². The van der Waals surface area contributed by atoms with Gasteiger partial charge in [-0.3, -0.25) is 0 Å². The number of hydrogen-bond donors (Lipinski definition) is 2. The minimum Gasteiger partial charge on any atom is -0.356 e. The lowest BCUT2D eigenvalue weighted by Gasteiger charge is -2.36. The largest absolute Gasteiger partial charge is 0.356 e. The summed E-state index contributed by atoms with van der Waals surface area (Å²) in [5, 5.41) is 4.54. The van der Waals surface area contributed by atoms with E-state index in [1.165, 1.54) is 22.2 Å². The number of amides is 2. The standard InChI is InChI=1S/C19H26N4O/c1-13-18-16(15-7-3-4-8-17(15)21-18)9-11-23(13)19(24)20-14-6-5-10-22(2)12-14/h3-4,7-8,13-14,21H,5-6,9-12H2,1-2H3,(H,20,24). The van der Waals surface area contributed by atoms with Crippen molar-refractivity contribution in [3.05, 3.63) is 35.5 Å². The molecule has 5 nitrogen and oxygen atoms in total. The molecular weight excluding hydrogens is 300 g/mol. The Labute approximate surface area is 143 Å². The van der Waals surface area contributed by atoms with Gasteiger partial charge in [0, 0.05) is 35.7 Å². The first-order valence-electron chi connectivity index (χ1n) is 8.98. The number of nitrogens with one attached hydrogen (secondary N) is 2. The number of urea groups is 1. The Balaban J connectivity index is 1.52. The molecule has 2 unspecified atom stereocenters. The molecule has 2 amide bonds. The summed E-state index contributed by atoms with van der Waals surface area (Å²) in [5.41, 5.74) is 3.74. The van der Waals surface area contributed by atoms with Crippen molar-refractivity contribution >= 4 is 16.9 Å². The summed E-state index contributed by atoms with van der Waals surface area (Å²) in [6.07, 6.45) is 3.15. The van der Waals surface area contributed by atoms with E-state index in [2.05, 4.69) is 53.4 Å². The fraction of sp³-hybridized carbons (Fsp3) is 0.526. The maximum Gasteiger partial charge on any atom is 0.318 e. The molecule has 1 fully saturated rings. The van der Waals surface area contributed by atoms with Gasteiger partial charge in [-0.1, -0.05) is 18.2 Å². The van der Waals surface area contributed by atoms with Gasteiger partial charge in [-0.15, -0.1) is 0 Å². The van der Waals surface area contributed by atoms with E-state index in [1.807, 2.05) is 4.90 Å². The zero-order chi connectivity index (χ0) is 16.7. The molecule has 2 atom stereocenters. The molecular formula is C19H26N4O. The van der Waals surface area contributed by atoms with Crippen LogP contribution in [0.3, 0.4) is 0 Å². The van der Waals surface area contributed by atoms with Crippen molar-refractivity contribution in [2.45, 2.75) is 38.3 Å².